The van der Waals surface area contributed by atoms with Gasteiger partial charge in [-0.2, -0.15) is 4.31 Å². The molecule has 162 valence electrons. The van der Waals surface area contributed by atoms with E-state index in [1.54, 1.807) is 41.3 Å². The maximum absolute atomic E-state index is 12.8. The van der Waals surface area contributed by atoms with Gasteiger partial charge in [0.15, 0.2) is 0 Å². The number of carbonyl (C=O) groups is 2. The number of hydrogen-bond donors (Lipinski definition) is 1. The van der Waals surface area contributed by atoms with Crippen LogP contribution in [0.3, 0.4) is 0 Å². The Morgan fingerprint density at radius 2 is 1.68 bits per heavy atom. The molecule has 1 fully saturated rings. The van der Waals surface area contributed by atoms with Gasteiger partial charge in [-0.05, 0) is 47.8 Å². The SMILES string of the molecule is O=C(Nc1ccc(C(=O)N2CCN(S(=O)(=O)c3ccc(Cl)s3)CC2)cc1)c1cccs1. The van der Waals surface area contributed by atoms with Gasteiger partial charge in [0.1, 0.15) is 4.21 Å². The van der Waals surface area contributed by atoms with Crippen molar-refractivity contribution in [3.05, 3.63) is 68.7 Å². The molecule has 1 aromatic carbocycles. The molecule has 0 bridgehead atoms. The molecule has 0 radical (unpaired) electrons. The number of sulfonamides is 1. The van der Waals surface area contributed by atoms with E-state index in [4.69, 9.17) is 11.6 Å². The molecule has 0 saturated carbocycles. The van der Waals surface area contributed by atoms with Crippen LogP contribution in [0.5, 0.6) is 0 Å². The molecule has 3 heterocycles. The number of nitrogens with zero attached hydrogens (tertiary/aromatic N) is 2. The van der Waals surface area contributed by atoms with Crippen LogP contribution in [0.25, 0.3) is 0 Å². The summed E-state index contributed by atoms with van der Waals surface area (Å²) in [6, 6.07) is 13.3. The van der Waals surface area contributed by atoms with E-state index in [0.29, 0.717) is 33.6 Å². The number of amides is 2. The summed E-state index contributed by atoms with van der Waals surface area (Å²) < 4.78 is 27.4. The molecule has 3 aromatic rings. The minimum absolute atomic E-state index is 0.174. The van der Waals surface area contributed by atoms with Gasteiger partial charge in [0.2, 0.25) is 0 Å². The number of halogens is 1. The van der Waals surface area contributed by atoms with Gasteiger partial charge in [0.25, 0.3) is 21.8 Å². The first-order chi connectivity index (χ1) is 14.8. The van der Waals surface area contributed by atoms with E-state index in [0.717, 1.165) is 11.3 Å². The fourth-order valence-corrected chi connectivity index (χ4v) is 6.85. The predicted octanol–water partition coefficient (Wildman–Crippen LogP) is 3.86. The Balaban J connectivity index is 1.36. The van der Waals surface area contributed by atoms with E-state index in [1.807, 2.05) is 11.4 Å². The van der Waals surface area contributed by atoms with Gasteiger partial charge in [-0.25, -0.2) is 8.42 Å². The van der Waals surface area contributed by atoms with Crippen LogP contribution in [0.2, 0.25) is 4.34 Å². The molecule has 31 heavy (non-hydrogen) atoms. The van der Waals surface area contributed by atoms with Crippen molar-refractivity contribution in [2.75, 3.05) is 31.5 Å². The maximum atomic E-state index is 12.8. The van der Waals surface area contributed by atoms with Crippen molar-refractivity contribution < 1.29 is 18.0 Å². The molecule has 7 nitrogen and oxygen atoms in total. The summed E-state index contributed by atoms with van der Waals surface area (Å²) >= 11 is 8.24. The van der Waals surface area contributed by atoms with E-state index in [9.17, 15) is 18.0 Å². The highest BCUT2D eigenvalue weighted by atomic mass is 35.5. The molecule has 0 aliphatic carbocycles. The van der Waals surface area contributed by atoms with Crippen molar-refractivity contribution in [3.63, 3.8) is 0 Å². The molecule has 1 saturated heterocycles. The Kier molecular flexibility index (Phi) is 6.44. The molecular weight excluding hydrogens is 478 g/mol. The minimum Gasteiger partial charge on any atom is -0.336 e. The Labute approximate surface area is 192 Å². The number of carbonyl (C=O) groups excluding carboxylic acids is 2. The predicted molar refractivity (Wildman–Crippen MR) is 123 cm³/mol. The van der Waals surface area contributed by atoms with Gasteiger partial charge in [-0.1, -0.05) is 17.7 Å². The van der Waals surface area contributed by atoms with Crippen molar-refractivity contribution in [1.29, 1.82) is 0 Å². The van der Waals surface area contributed by atoms with Crippen molar-refractivity contribution in [1.82, 2.24) is 9.21 Å². The Bertz CT molecular complexity index is 1180. The van der Waals surface area contributed by atoms with Crippen molar-refractivity contribution in [2.24, 2.45) is 0 Å². The first kappa shape index (κ1) is 22.0. The second kappa shape index (κ2) is 9.09. The maximum Gasteiger partial charge on any atom is 0.265 e. The van der Waals surface area contributed by atoms with E-state index in [2.05, 4.69) is 5.32 Å². The highest BCUT2D eigenvalue weighted by Gasteiger charge is 2.31. The second-order valence-electron chi connectivity index (χ2n) is 6.76. The van der Waals surface area contributed by atoms with Crippen LogP contribution >= 0.6 is 34.3 Å². The van der Waals surface area contributed by atoms with Crippen molar-refractivity contribution in [2.45, 2.75) is 4.21 Å². The smallest absolute Gasteiger partial charge is 0.265 e. The summed E-state index contributed by atoms with van der Waals surface area (Å²) in [4.78, 5) is 27.2. The van der Waals surface area contributed by atoms with Gasteiger partial charge in [-0.15, -0.1) is 22.7 Å². The lowest BCUT2D eigenvalue weighted by Crippen LogP contribution is -2.50. The van der Waals surface area contributed by atoms with Gasteiger partial charge in [0.05, 0.1) is 9.21 Å². The first-order valence-electron chi connectivity index (χ1n) is 9.34. The van der Waals surface area contributed by atoms with Crippen LogP contribution in [0.4, 0.5) is 5.69 Å². The van der Waals surface area contributed by atoms with Crippen LogP contribution in [0.1, 0.15) is 20.0 Å². The monoisotopic (exact) mass is 495 g/mol. The number of nitrogens with one attached hydrogen (secondary N) is 1. The van der Waals surface area contributed by atoms with Crippen LogP contribution < -0.4 is 5.32 Å². The van der Waals surface area contributed by atoms with Gasteiger partial charge in [-0.3, -0.25) is 9.59 Å². The zero-order chi connectivity index (χ0) is 22.0. The summed E-state index contributed by atoms with van der Waals surface area (Å²) in [6.45, 7) is 1.04. The highest BCUT2D eigenvalue weighted by molar-refractivity contribution is 7.91. The number of benzene rings is 1. The normalized spacial score (nSPS) is 15.1. The third kappa shape index (κ3) is 4.83. The topological polar surface area (TPSA) is 86.8 Å². The summed E-state index contributed by atoms with van der Waals surface area (Å²) in [5, 5.41) is 4.63. The first-order valence-corrected chi connectivity index (χ1v) is 12.9. The van der Waals surface area contributed by atoms with Crippen molar-refractivity contribution >= 4 is 61.8 Å². The molecule has 0 atom stereocenters. The summed E-state index contributed by atoms with van der Waals surface area (Å²) in [5.41, 5.74) is 1.08. The van der Waals surface area contributed by atoms with Gasteiger partial charge in [0, 0.05) is 37.4 Å². The summed E-state index contributed by atoms with van der Waals surface area (Å²) in [6.07, 6.45) is 0. The molecule has 0 spiro atoms. The Hall–Kier alpha value is -2.24. The lowest BCUT2D eigenvalue weighted by atomic mass is 10.1. The molecule has 2 amide bonds. The molecule has 2 aromatic heterocycles. The zero-order valence-corrected chi connectivity index (χ0v) is 19.4. The quantitative estimate of drug-likeness (QED) is 0.582. The average molecular weight is 496 g/mol. The number of piperazine rings is 1. The second-order valence-corrected chi connectivity index (χ2v) is 11.6. The molecule has 1 aliphatic rings. The Morgan fingerprint density at radius 3 is 2.26 bits per heavy atom. The lowest BCUT2D eigenvalue weighted by molar-refractivity contribution is 0.0698. The summed E-state index contributed by atoms with van der Waals surface area (Å²) in [7, 11) is -3.60. The number of thiophene rings is 2. The van der Waals surface area contributed by atoms with E-state index in [1.165, 1.54) is 21.7 Å². The van der Waals surface area contributed by atoms with Gasteiger partial charge >= 0.3 is 0 Å². The van der Waals surface area contributed by atoms with E-state index >= 15 is 0 Å². The number of hydrogen-bond acceptors (Lipinski definition) is 6. The molecule has 1 aliphatic heterocycles. The lowest BCUT2D eigenvalue weighted by Gasteiger charge is -2.33. The largest absolute Gasteiger partial charge is 0.336 e. The summed E-state index contributed by atoms with van der Waals surface area (Å²) in [5.74, 6) is -0.370. The van der Waals surface area contributed by atoms with Crippen LogP contribution in [0, 0.1) is 0 Å². The third-order valence-electron chi connectivity index (χ3n) is 4.80. The van der Waals surface area contributed by atoms with Crippen LogP contribution in [-0.2, 0) is 10.0 Å². The fraction of sp³-hybridized carbons (Fsp3) is 0.200. The number of anilines is 1. The van der Waals surface area contributed by atoms with E-state index < -0.39 is 10.0 Å². The molecule has 0 unspecified atom stereocenters. The third-order valence-corrected chi connectivity index (χ3v) is 9.27. The number of rotatable bonds is 5. The standard InChI is InChI=1S/C20H18ClN3O4S3/c21-17-7-8-18(30-17)31(27,28)24-11-9-23(10-12-24)20(26)14-3-5-15(6-4-14)22-19(25)16-2-1-13-29-16/h1-8,13H,9-12H2,(H,22,25). The van der Waals surface area contributed by atoms with Crippen molar-refractivity contribution in [3.8, 4) is 0 Å². The average Bonchev–Trinajstić information content (AvgIpc) is 3.46. The Morgan fingerprint density at radius 1 is 0.968 bits per heavy atom. The highest BCUT2D eigenvalue weighted by Crippen LogP contribution is 2.28. The van der Waals surface area contributed by atoms with Crippen LogP contribution in [-0.4, -0.2) is 55.6 Å². The molecule has 1 N–H and O–H groups in total. The van der Waals surface area contributed by atoms with Crippen LogP contribution in [0.15, 0.2) is 58.1 Å². The minimum atomic E-state index is -3.60. The zero-order valence-electron chi connectivity index (χ0n) is 16.2. The molecule has 11 heteroatoms. The van der Waals surface area contributed by atoms with Gasteiger partial charge < -0.3 is 10.2 Å². The molecular formula is C20H18ClN3O4S3. The fourth-order valence-electron chi connectivity index (χ4n) is 3.17. The van der Waals surface area contributed by atoms with E-state index in [-0.39, 0.29) is 29.1 Å². The molecule has 4 rings (SSSR count).